The Labute approximate surface area is 387 Å². The van der Waals surface area contributed by atoms with Gasteiger partial charge in [-0.3, -0.25) is 0 Å². The van der Waals surface area contributed by atoms with Gasteiger partial charge in [-0.05, 0) is 98.6 Å². The molecular weight excluding hydrogens is 798 g/mol. The largest absolute Gasteiger partial charge is 0.310 e. The maximum Gasteiger partial charge on any atom is 0.246 e. The highest BCUT2D eigenvalue weighted by atomic mass is 28.3. The van der Waals surface area contributed by atoms with Crippen LogP contribution in [0.25, 0.3) is 32.7 Å². The molecule has 0 aliphatic carbocycles. The fourth-order valence-electron chi connectivity index (χ4n) is 11.3. The molecule has 11 rings (SSSR count). The third kappa shape index (κ3) is 6.33. The zero-order valence-electron chi connectivity index (χ0n) is 39.4. The monoisotopic (exact) mass is 855 g/mol. The highest BCUT2D eigenvalue weighted by Crippen LogP contribution is 2.49. The van der Waals surface area contributed by atoms with Crippen LogP contribution in [0.2, 0.25) is 0 Å². The van der Waals surface area contributed by atoms with Gasteiger partial charge < -0.3 is 4.90 Å². The number of rotatable bonds is 4. The van der Waals surface area contributed by atoms with E-state index in [0.717, 1.165) is 0 Å². The Morgan fingerprint density at radius 3 is 1.34 bits per heavy atom. The Morgan fingerprint density at radius 1 is 0.385 bits per heavy atom. The van der Waals surface area contributed by atoms with Gasteiger partial charge in [0.05, 0.1) is 5.69 Å². The van der Waals surface area contributed by atoms with Crippen LogP contribution in [-0.4, -0.2) is 14.8 Å². The Balaban J connectivity index is 1.38. The van der Waals surface area contributed by atoms with Crippen molar-refractivity contribution in [3.8, 4) is 11.1 Å². The first kappa shape index (κ1) is 41.3. The topological polar surface area (TPSA) is 3.24 Å². The molecule has 0 unspecified atom stereocenters. The quantitative estimate of drug-likeness (QED) is 0.126. The lowest BCUT2D eigenvalue weighted by molar-refractivity contribution is 0.590. The van der Waals surface area contributed by atoms with Crippen molar-refractivity contribution in [3.63, 3.8) is 0 Å². The molecule has 0 aromatic heterocycles. The van der Waals surface area contributed by atoms with Gasteiger partial charge in [-0.25, -0.2) is 0 Å². The van der Waals surface area contributed by atoms with E-state index in [0.29, 0.717) is 0 Å². The van der Waals surface area contributed by atoms with Crippen molar-refractivity contribution in [3.05, 3.63) is 205 Å². The molecule has 0 spiro atoms. The maximum absolute atomic E-state index is 3.03. The summed E-state index contributed by atoms with van der Waals surface area (Å²) in [5.41, 5.74) is 14.4. The summed E-state index contributed by atoms with van der Waals surface area (Å²) in [6.45, 7) is 21.4. The van der Waals surface area contributed by atoms with Crippen LogP contribution in [0.5, 0.6) is 0 Å². The zero-order valence-corrected chi connectivity index (χ0v) is 40.4. The first-order chi connectivity index (χ1) is 31.2. The van der Waals surface area contributed by atoms with Crippen LogP contribution in [0.4, 0.5) is 17.1 Å². The van der Waals surface area contributed by atoms with Gasteiger partial charge in [0.2, 0.25) is 6.71 Å². The number of nitrogens with zero attached hydrogens (tertiary/aromatic N) is 1. The fourth-order valence-corrected chi connectivity index (χ4v) is 16.7. The van der Waals surface area contributed by atoms with E-state index in [1.165, 1.54) is 104 Å². The summed E-state index contributed by atoms with van der Waals surface area (Å²) in [6, 6.07) is 73.0. The lowest BCUT2D eigenvalue weighted by Crippen LogP contribution is -2.87. The van der Waals surface area contributed by atoms with E-state index >= 15 is 0 Å². The van der Waals surface area contributed by atoms with Crippen LogP contribution in [0.3, 0.4) is 0 Å². The Bertz CT molecular complexity index is 3220. The number of hydrogen-bond acceptors (Lipinski definition) is 1. The number of anilines is 3. The SMILES string of the molecule is CC(C)(C)c1ccc2c(c1)N(c1c3ccccc3c(-c3ccccc3)c3ccccc13)c1cc(C(C)(C)C)cc3c1B2c1ccc(C(C)(C)C)cc1[Si]3(c1ccccc1)c1ccccc1. The van der Waals surface area contributed by atoms with Gasteiger partial charge in [0, 0.05) is 22.1 Å². The van der Waals surface area contributed by atoms with Gasteiger partial charge in [-0.1, -0.05) is 244 Å². The molecule has 318 valence electrons. The minimum Gasteiger partial charge on any atom is -0.310 e. The Hall–Kier alpha value is -6.42. The number of fused-ring (bicyclic) bond motifs is 6. The highest BCUT2D eigenvalue weighted by molar-refractivity contribution is 7.26. The number of hydrogen-bond donors (Lipinski definition) is 0. The van der Waals surface area contributed by atoms with Gasteiger partial charge in [-0.15, -0.1) is 0 Å². The normalized spacial score (nSPS) is 14.3. The molecule has 0 N–H and O–H groups in total. The van der Waals surface area contributed by atoms with Crippen molar-refractivity contribution in [2.75, 3.05) is 4.90 Å². The molecule has 0 amide bonds. The zero-order chi connectivity index (χ0) is 45.0. The summed E-state index contributed by atoms with van der Waals surface area (Å²) < 4.78 is 0. The molecule has 9 aromatic carbocycles. The number of benzene rings is 9. The molecule has 2 aliphatic heterocycles. The third-order valence-electron chi connectivity index (χ3n) is 14.6. The van der Waals surface area contributed by atoms with Gasteiger partial charge in [-0.2, -0.15) is 0 Å². The predicted molar refractivity (Wildman–Crippen MR) is 286 cm³/mol. The van der Waals surface area contributed by atoms with E-state index < -0.39 is 8.07 Å². The van der Waals surface area contributed by atoms with Gasteiger partial charge in [0.25, 0.3) is 0 Å². The molecule has 9 aromatic rings. The lowest BCUT2D eigenvalue weighted by Gasteiger charge is -2.49. The average molecular weight is 856 g/mol. The minimum atomic E-state index is -3.03. The fraction of sp³-hybridized carbons (Fsp3) is 0.194. The molecule has 3 heteroatoms. The van der Waals surface area contributed by atoms with Crippen LogP contribution in [0.15, 0.2) is 188 Å². The standard InChI is InChI=1S/C62H58BNSi/c1-60(2,3)42-33-35-51-53(37-42)64(59-49-31-21-19-29-47(49)57(41-23-13-10-14-24-41)48-30-20-22-32-50(48)59)54-38-44(62(7,8)9)40-56-58(54)63(51)52-36-34-43(61(4,5)6)39-55(52)65(56,45-25-15-11-16-26-45)46-27-17-12-18-28-46/h10-40H,1-9H3. The predicted octanol–water partition coefficient (Wildman–Crippen LogP) is 11.5. The van der Waals surface area contributed by atoms with Crippen molar-refractivity contribution in [1.29, 1.82) is 0 Å². The first-order valence-electron chi connectivity index (χ1n) is 23.6. The molecule has 0 bridgehead atoms. The molecule has 0 atom stereocenters. The third-order valence-corrected chi connectivity index (χ3v) is 19.5. The highest BCUT2D eigenvalue weighted by Gasteiger charge is 2.54. The first-order valence-corrected chi connectivity index (χ1v) is 25.6. The maximum atomic E-state index is 2.73. The van der Waals surface area contributed by atoms with Crippen molar-refractivity contribution in [2.24, 2.45) is 0 Å². The summed E-state index contributed by atoms with van der Waals surface area (Å²) in [7, 11) is -3.03. The summed E-state index contributed by atoms with van der Waals surface area (Å²) >= 11 is 0. The Morgan fingerprint density at radius 2 is 0.815 bits per heavy atom. The van der Waals surface area contributed by atoms with E-state index in [2.05, 4.69) is 255 Å². The van der Waals surface area contributed by atoms with E-state index in [1.54, 1.807) is 0 Å². The van der Waals surface area contributed by atoms with E-state index in [1.807, 2.05) is 0 Å². The molecule has 2 heterocycles. The Kier molecular flexibility index (Phi) is 9.41. The van der Waals surface area contributed by atoms with Crippen molar-refractivity contribution < 1.29 is 0 Å². The van der Waals surface area contributed by atoms with Crippen LogP contribution in [0.1, 0.15) is 79.0 Å². The molecule has 0 fully saturated rings. The van der Waals surface area contributed by atoms with Gasteiger partial charge >= 0.3 is 0 Å². The van der Waals surface area contributed by atoms with E-state index in [4.69, 9.17) is 0 Å². The summed E-state index contributed by atoms with van der Waals surface area (Å²) in [5.74, 6) is 0. The lowest BCUT2D eigenvalue weighted by atomic mass is 9.34. The summed E-state index contributed by atoms with van der Waals surface area (Å²) in [6.07, 6.45) is 0. The van der Waals surface area contributed by atoms with E-state index in [-0.39, 0.29) is 23.0 Å². The van der Waals surface area contributed by atoms with Crippen molar-refractivity contribution in [2.45, 2.75) is 78.6 Å². The summed E-state index contributed by atoms with van der Waals surface area (Å²) in [4.78, 5) is 2.73. The molecule has 0 saturated carbocycles. The van der Waals surface area contributed by atoms with Crippen molar-refractivity contribution >= 4 is 90.5 Å². The molecule has 2 aliphatic rings. The smallest absolute Gasteiger partial charge is 0.246 e. The summed E-state index contributed by atoms with van der Waals surface area (Å²) in [5, 5.41) is 10.9. The molecular formula is C62H58BNSi. The molecule has 65 heavy (non-hydrogen) atoms. The van der Waals surface area contributed by atoms with Crippen LogP contribution in [-0.2, 0) is 16.2 Å². The van der Waals surface area contributed by atoms with Crippen molar-refractivity contribution in [1.82, 2.24) is 0 Å². The van der Waals surface area contributed by atoms with Crippen LogP contribution < -0.4 is 42.0 Å². The van der Waals surface area contributed by atoms with E-state index in [9.17, 15) is 0 Å². The van der Waals surface area contributed by atoms with Gasteiger partial charge in [0.1, 0.15) is 0 Å². The van der Waals surface area contributed by atoms with Crippen LogP contribution >= 0.6 is 0 Å². The van der Waals surface area contributed by atoms with Gasteiger partial charge in [0.15, 0.2) is 8.07 Å². The molecule has 0 radical (unpaired) electrons. The second-order valence-corrected chi connectivity index (χ2v) is 25.4. The second kappa shape index (κ2) is 14.8. The average Bonchev–Trinajstić information content (AvgIpc) is 3.30. The molecule has 1 nitrogen and oxygen atoms in total. The second-order valence-electron chi connectivity index (χ2n) is 21.7. The minimum absolute atomic E-state index is 0.0296. The molecule has 0 saturated heterocycles. The van der Waals surface area contributed by atoms with Crippen LogP contribution in [0, 0.1) is 0 Å².